The summed E-state index contributed by atoms with van der Waals surface area (Å²) in [6.45, 7) is 2.61. The number of halogens is 2. The Labute approximate surface area is 189 Å². The van der Waals surface area contributed by atoms with E-state index in [1.165, 1.54) is 18.2 Å². The van der Waals surface area contributed by atoms with Crippen molar-refractivity contribution in [2.24, 2.45) is 5.16 Å². The van der Waals surface area contributed by atoms with Crippen LogP contribution >= 0.6 is 22.2 Å². The number of aromatic nitrogens is 3. The molecular formula is C19H23ClFN7O3S. The van der Waals surface area contributed by atoms with Gasteiger partial charge in [0.1, 0.15) is 5.82 Å². The Balaban J connectivity index is 1.44. The standard InChI is InChI=1S/C19H23ClFN7O3S/c20-14-11-12(1-2-15(14)21)24-17(27-29)13-3-4-22-18-16(13)25-19(26-18)23-5-6-28-7-9-32(30,31)10-8-28/h1-4,11,29-31H,5-10H2,(H,24,27)(H2,22,23,25,26). The molecule has 3 aromatic rings. The van der Waals surface area contributed by atoms with Crippen LogP contribution in [0.5, 0.6) is 0 Å². The van der Waals surface area contributed by atoms with Crippen molar-refractivity contribution >= 4 is 50.8 Å². The zero-order valence-electron chi connectivity index (χ0n) is 16.9. The summed E-state index contributed by atoms with van der Waals surface area (Å²) in [5, 5.41) is 18.9. The van der Waals surface area contributed by atoms with Gasteiger partial charge in [-0.1, -0.05) is 16.8 Å². The first-order chi connectivity index (χ1) is 15.3. The van der Waals surface area contributed by atoms with Crippen molar-refractivity contribution in [2.75, 3.05) is 48.3 Å². The van der Waals surface area contributed by atoms with Gasteiger partial charge < -0.3 is 20.8 Å². The molecule has 0 unspecified atom stereocenters. The van der Waals surface area contributed by atoms with Gasteiger partial charge in [0.25, 0.3) is 0 Å². The molecule has 0 spiro atoms. The number of nitrogens with one attached hydrogen (secondary N) is 3. The summed E-state index contributed by atoms with van der Waals surface area (Å²) < 4.78 is 32.8. The normalized spacial score (nSPS) is 17.9. The molecule has 1 aromatic carbocycles. The summed E-state index contributed by atoms with van der Waals surface area (Å²) in [7, 11) is -2.41. The predicted octanol–water partition coefficient (Wildman–Crippen LogP) is 3.48. The van der Waals surface area contributed by atoms with Crippen LogP contribution in [0.4, 0.5) is 16.0 Å². The molecule has 6 N–H and O–H groups in total. The number of hydrogen-bond donors (Lipinski definition) is 6. The lowest BCUT2D eigenvalue weighted by atomic mass is 10.2. The van der Waals surface area contributed by atoms with Gasteiger partial charge in [0.2, 0.25) is 5.95 Å². The molecule has 1 aliphatic rings. The maximum atomic E-state index is 13.4. The molecule has 1 aliphatic heterocycles. The highest BCUT2D eigenvalue weighted by Gasteiger charge is 2.21. The van der Waals surface area contributed by atoms with Gasteiger partial charge in [0, 0.05) is 43.6 Å². The summed E-state index contributed by atoms with van der Waals surface area (Å²) in [4.78, 5) is 14.0. The lowest BCUT2D eigenvalue weighted by Crippen LogP contribution is -2.40. The van der Waals surface area contributed by atoms with Crippen LogP contribution in [0.25, 0.3) is 11.2 Å². The Morgan fingerprint density at radius 3 is 2.78 bits per heavy atom. The predicted molar refractivity (Wildman–Crippen MR) is 125 cm³/mol. The summed E-state index contributed by atoms with van der Waals surface area (Å²) >= 11 is 5.82. The summed E-state index contributed by atoms with van der Waals surface area (Å²) in [6, 6.07) is 5.73. The number of oxime groups is 1. The van der Waals surface area contributed by atoms with Crippen LogP contribution in [0, 0.1) is 5.82 Å². The van der Waals surface area contributed by atoms with Crippen LogP contribution in [0.1, 0.15) is 5.56 Å². The molecule has 1 fully saturated rings. The topological polar surface area (TPSA) is 142 Å². The van der Waals surface area contributed by atoms with Crippen molar-refractivity contribution in [1.82, 2.24) is 19.9 Å². The molecular weight excluding hydrogens is 461 g/mol. The quantitative estimate of drug-likeness (QED) is 0.135. The number of benzene rings is 1. The molecule has 0 bridgehead atoms. The fourth-order valence-corrected chi connectivity index (χ4v) is 4.86. The smallest absolute Gasteiger partial charge is 0.202 e. The highest BCUT2D eigenvalue weighted by Crippen LogP contribution is 2.40. The van der Waals surface area contributed by atoms with Crippen LogP contribution < -0.4 is 10.6 Å². The van der Waals surface area contributed by atoms with Crippen molar-refractivity contribution in [1.29, 1.82) is 0 Å². The van der Waals surface area contributed by atoms with E-state index >= 15 is 0 Å². The Kier molecular flexibility index (Phi) is 6.67. The number of imidazole rings is 1. The van der Waals surface area contributed by atoms with Gasteiger partial charge in [-0.15, -0.1) is 0 Å². The number of rotatable bonds is 6. The molecule has 0 radical (unpaired) electrons. The molecule has 4 rings (SSSR count). The molecule has 32 heavy (non-hydrogen) atoms. The highest BCUT2D eigenvalue weighted by atomic mass is 35.5. The van der Waals surface area contributed by atoms with Crippen molar-refractivity contribution in [3.05, 3.63) is 46.9 Å². The van der Waals surface area contributed by atoms with Gasteiger partial charge in [0.15, 0.2) is 11.5 Å². The highest BCUT2D eigenvalue weighted by molar-refractivity contribution is 8.24. The maximum Gasteiger partial charge on any atom is 0.202 e. The largest absolute Gasteiger partial charge is 0.409 e. The van der Waals surface area contributed by atoms with Crippen LogP contribution in [-0.2, 0) is 0 Å². The van der Waals surface area contributed by atoms with E-state index in [-0.39, 0.29) is 10.9 Å². The third-order valence-corrected chi connectivity index (χ3v) is 7.08. The molecule has 13 heteroatoms. The van der Waals surface area contributed by atoms with Gasteiger partial charge in [-0.05, 0) is 24.3 Å². The van der Waals surface area contributed by atoms with Crippen LogP contribution in [-0.4, -0.2) is 77.7 Å². The van der Waals surface area contributed by atoms with E-state index in [4.69, 9.17) is 11.6 Å². The number of nitrogens with zero attached hydrogens (tertiary/aromatic N) is 4. The van der Waals surface area contributed by atoms with E-state index in [1.807, 2.05) is 0 Å². The first-order valence-corrected chi connectivity index (χ1v) is 12.1. The Hall–Kier alpha value is -2.64. The average molecular weight is 484 g/mol. The molecule has 0 saturated carbocycles. The zero-order chi connectivity index (χ0) is 22.7. The van der Waals surface area contributed by atoms with E-state index in [0.29, 0.717) is 59.5 Å². The number of anilines is 2. The lowest BCUT2D eigenvalue weighted by Gasteiger charge is -2.40. The lowest BCUT2D eigenvalue weighted by molar-refractivity contribution is 0.295. The van der Waals surface area contributed by atoms with Gasteiger partial charge in [-0.25, -0.2) is 9.37 Å². The Morgan fingerprint density at radius 1 is 1.28 bits per heavy atom. The van der Waals surface area contributed by atoms with Crippen molar-refractivity contribution < 1.29 is 18.7 Å². The number of aromatic amines is 1. The molecule has 2 aromatic heterocycles. The van der Waals surface area contributed by atoms with Gasteiger partial charge in [-0.3, -0.25) is 14.0 Å². The number of pyridine rings is 1. The van der Waals surface area contributed by atoms with Crippen molar-refractivity contribution in [3.8, 4) is 0 Å². The first kappa shape index (κ1) is 22.6. The zero-order valence-corrected chi connectivity index (χ0v) is 18.5. The van der Waals surface area contributed by atoms with Crippen LogP contribution in [0.3, 0.4) is 0 Å². The number of amidine groups is 1. The molecule has 0 amide bonds. The minimum atomic E-state index is -2.41. The number of hydrogen-bond acceptors (Lipinski definition) is 8. The molecule has 10 nitrogen and oxygen atoms in total. The summed E-state index contributed by atoms with van der Waals surface area (Å²) in [5.41, 5.74) is 1.94. The van der Waals surface area contributed by atoms with E-state index < -0.39 is 16.4 Å². The Morgan fingerprint density at radius 2 is 2.06 bits per heavy atom. The first-order valence-electron chi connectivity index (χ1n) is 9.84. The molecule has 1 saturated heterocycles. The number of H-pyrrole nitrogens is 1. The second-order valence-corrected chi connectivity index (χ2v) is 10.2. The molecule has 0 aliphatic carbocycles. The van der Waals surface area contributed by atoms with Gasteiger partial charge >= 0.3 is 0 Å². The maximum absolute atomic E-state index is 13.4. The summed E-state index contributed by atoms with van der Waals surface area (Å²) in [6.07, 6.45) is 1.54. The van der Waals surface area contributed by atoms with Crippen molar-refractivity contribution in [3.63, 3.8) is 0 Å². The third kappa shape index (κ3) is 5.22. The van der Waals surface area contributed by atoms with E-state index in [2.05, 4.69) is 35.6 Å². The van der Waals surface area contributed by atoms with Gasteiger partial charge in [-0.2, -0.15) is 15.6 Å². The molecule has 0 atom stereocenters. The van der Waals surface area contributed by atoms with E-state index in [9.17, 15) is 18.7 Å². The Bertz CT molecular complexity index is 1130. The second kappa shape index (κ2) is 9.46. The van der Waals surface area contributed by atoms with E-state index in [0.717, 1.165) is 6.54 Å². The van der Waals surface area contributed by atoms with Crippen LogP contribution in [0.2, 0.25) is 5.02 Å². The fraction of sp³-hybridized carbons (Fsp3) is 0.316. The van der Waals surface area contributed by atoms with Crippen molar-refractivity contribution in [2.45, 2.75) is 0 Å². The van der Waals surface area contributed by atoms with Gasteiger partial charge in [0.05, 0.1) is 22.0 Å². The molecule has 3 heterocycles. The van der Waals surface area contributed by atoms with Crippen LogP contribution in [0.15, 0.2) is 35.6 Å². The summed E-state index contributed by atoms with van der Waals surface area (Å²) in [5.74, 6) is 0.875. The minimum absolute atomic E-state index is 0.0565. The second-order valence-electron chi connectivity index (χ2n) is 7.32. The number of fused-ring (bicyclic) bond motifs is 1. The molecule has 172 valence electrons. The monoisotopic (exact) mass is 483 g/mol. The minimum Gasteiger partial charge on any atom is -0.409 e. The third-order valence-electron chi connectivity index (χ3n) is 5.12. The van der Waals surface area contributed by atoms with E-state index in [1.54, 1.807) is 12.3 Å². The SMILES string of the molecule is O/N=C(\Nc1ccc(F)c(Cl)c1)c1ccnc2nc(NCCN3CCS(O)(O)CC3)[nH]c12. The average Bonchev–Trinajstić information content (AvgIpc) is 3.19. The fourth-order valence-electron chi connectivity index (χ4n) is 3.37.